The van der Waals surface area contributed by atoms with Gasteiger partial charge in [-0.15, -0.1) is 0 Å². The summed E-state index contributed by atoms with van der Waals surface area (Å²) in [6.07, 6.45) is 5.10. The highest BCUT2D eigenvalue weighted by Gasteiger charge is 2.20. The van der Waals surface area contributed by atoms with Gasteiger partial charge in [-0.2, -0.15) is 0 Å². The summed E-state index contributed by atoms with van der Waals surface area (Å²) in [5.74, 6) is 2.61. The minimum atomic E-state index is -0.297. The van der Waals surface area contributed by atoms with Gasteiger partial charge in [-0.3, -0.25) is 4.79 Å². The summed E-state index contributed by atoms with van der Waals surface area (Å²) < 4.78 is 16.4. The third-order valence-corrected chi connectivity index (χ3v) is 5.65. The van der Waals surface area contributed by atoms with Crippen LogP contribution in [0.1, 0.15) is 84.6 Å². The predicted molar refractivity (Wildman–Crippen MR) is 115 cm³/mol. The molecule has 4 atom stereocenters. The molecule has 4 heteroatoms. The second-order valence-corrected chi connectivity index (χ2v) is 7.82. The Morgan fingerprint density at radius 1 is 1.00 bits per heavy atom. The number of carbonyl (C=O) groups excluding carboxylic acids is 1. The van der Waals surface area contributed by atoms with Crippen molar-refractivity contribution in [2.45, 2.75) is 85.4 Å². The van der Waals surface area contributed by atoms with E-state index in [0.717, 1.165) is 18.1 Å². The van der Waals surface area contributed by atoms with Gasteiger partial charge in [-0.25, -0.2) is 0 Å². The molecule has 0 aliphatic carbocycles. The van der Waals surface area contributed by atoms with Gasteiger partial charge in [0.05, 0.1) is 13.7 Å². The van der Waals surface area contributed by atoms with Gasteiger partial charge in [-0.05, 0) is 48.3 Å². The van der Waals surface area contributed by atoms with Crippen LogP contribution in [0, 0.1) is 11.8 Å². The number of rotatable bonds is 14. The van der Waals surface area contributed by atoms with Crippen LogP contribution in [0.4, 0.5) is 0 Å². The van der Waals surface area contributed by atoms with Gasteiger partial charge in [0.1, 0.15) is 5.75 Å². The Hall–Kier alpha value is -1.55. The van der Waals surface area contributed by atoms with Gasteiger partial charge >= 0.3 is 5.97 Å². The molecule has 0 amide bonds. The second-order valence-electron chi connectivity index (χ2n) is 7.82. The van der Waals surface area contributed by atoms with Crippen LogP contribution in [0.3, 0.4) is 0 Å². The Balaban J connectivity index is 2.64. The van der Waals surface area contributed by atoms with Gasteiger partial charge in [0.2, 0.25) is 0 Å². The van der Waals surface area contributed by atoms with Crippen molar-refractivity contribution in [3.63, 3.8) is 0 Å². The third-order valence-electron chi connectivity index (χ3n) is 5.65. The van der Waals surface area contributed by atoms with Crippen LogP contribution in [0.5, 0.6) is 5.75 Å². The molecule has 4 nitrogen and oxygen atoms in total. The molecule has 1 rings (SSSR count). The van der Waals surface area contributed by atoms with Gasteiger partial charge in [0.15, 0.2) is 6.29 Å². The number of ether oxygens (including phenoxy) is 3. The molecule has 1 aromatic rings. The fourth-order valence-corrected chi connectivity index (χ4v) is 3.30. The van der Waals surface area contributed by atoms with Crippen molar-refractivity contribution >= 4 is 5.97 Å². The summed E-state index contributed by atoms with van der Waals surface area (Å²) in [6, 6.07) is 8.53. The molecule has 0 aliphatic rings. The Bertz CT molecular complexity index is 540. The average molecular weight is 393 g/mol. The highest BCUT2D eigenvalue weighted by atomic mass is 16.7. The maximum absolute atomic E-state index is 11.2. The number of benzene rings is 1. The molecular formula is C24H40O4. The first kappa shape index (κ1) is 24.5. The number of carbonyl (C=O) groups is 1. The van der Waals surface area contributed by atoms with E-state index in [-0.39, 0.29) is 12.3 Å². The first-order chi connectivity index (χ1) is 13.4. The molecule has 0 saturated heterocycles. The van der Waals surface area contributed by atoms with E-state index in [1.165, 1.54) is 31.9 Å². The molecule has 0 N–H and O–H groups in total. The van der Waals surface area contributed by atoms with Crippen molar-refractivity contribution < 1.29 is 19.0 Å². The van der Waals surface area contributed by atoms with Gasteiger partial charge in [-0.1, -0.05) is 59.6 Å². The zero-order valence-corrected chi connectivity index (χ0v) is 18.7. The molecule has 0 heterocycles. The van der Waals surface area contributed by atoms with Crippen molar-refractivity contribution in [3.8, 4) is 5.75 Å². The molecule has 1 aromatic carbocycles. The lowest BCUT2D eigenvalue weighted by atomic mass is 9.79. The van der Waals surface area contributed by atoms with Crippen LogP contribution >= 0.6 is 0 Å². The van der Waals surface area contributed by atoms with E-state index in [4.69, 9.17) is 9.47 Å². The van der Waals surface area contributed by atoms with Crippen LogP contribution < -0.4 is 4.74 Å². The van der Waals surface area contributed by atoms with E-state index in [9.17, 15) is 4.79 Å². The van der Waals surface area contributed by atoms with Crippen molar-refractivity contribution in [1.82, 2.24) is 0 Å². The minimum absolute atomic E-state index is 0.207. The Morgan fingerprint density at radius 3 is 2.21 bits per heavy atom. The van der Waals surface area contributed by atoms with E-state index in [2.05, 4.69) is 56.7 Å². The van der Waals surface area contributed by atoms with Gasteiger partial charge in [0, 0.05) is 12.8 Å². The van der Waals surface area contributed by atoms with Crippen LogP contribution in [0.2, 0.25) is 0 Å². The molecule has 0 aliphatic heterocycles. The molecule has 4 unspecified atom stereocenters. The van der Waals surface area contributed by atoms with Gasteiger partial charge in [0.25, 0.3) is 0 Å². The second kappa shape index (κ2) is 13.6. The molecule has 0 fully saturated rings. The van der Waals surface area contributed by atoms with Gasteiger partial charge < -0.3 is 14.2 Å². The number of hydrogen-bond acceptors (Lipinski definition) is 4. The van der Waals surface area contributed by atoms with Crippen LogP contribution in [-0.2, 0) is 14.3 Å². The first-order valence-corrected chi connectivity index (χ1v) is 10.9. The molecule has 160 valence electrons. The molecule has 0 saturated carbocycles. The fourth-order valence-electron chi connectivity index (χ4n) is 3.30. The number of methoxy groups -OCH3 is 1. The lowest BCUT2D eigenvalue weighted by molar-refractivity contribution is -0.141. The molecule has 0 bridgehead atoms. The van der Waals surface area contributed by atoms with Crippen molar-refractivity contribution in [2.75, 3.05) is 13.7 Å². The summed E-state index contributed by atoms with van der Waals surface area (Å²) in [4.78, 5) is 11.2. The summed E-state index contributed by atoms with van der Waals surface area (Å²) in [5.41, 5.74) is 1.40. The highest BCUT2D eigenvalue weighted by molar-refractivity contribution is 5.68. The maximum atomic E-state index is 11.2. The van der Waals surface area contributed by atoms with Crippen LogP contribution in [0.25, 0.3) is 0 Å². The lowest BCUT2D eigenvalue weighted by Crippen LogP contribution is -2.20. The topological polar surface area (TPSA) is 44.8 Å². The largest absolute Gasteiger partial charge is 0.469 e. The molecule has 0 aromatic heterocycles. The third kappa shape index (κ3) is 8.64. The Kier molecular flexibility index (Phi) is 11.9. The lowest BCUT2D eigenvalue weighted by Gasteiger charge is -2.26. The van der Waals surface area contributed by atoms with Crippen molar-refractivity contribution in [2.24, 2.45) is 11.8 Å². The zero-order valence-electron chi connectivity index (χ0n) is 18.7. The van der Waals surface area contributed by atoms with Crippen molar-refractivity contribution in [3.05, 3.63) is 29.8 Å². The number of hydrogen-bond donors (Lipinski definition) is 0. The predicted octanol–water partition coefficient (Wildman–Crippen LogP) is 6.34. The van der Waals surface area contributed by atoms with Crippen LogP contribution in [-0.4, -0.2) is 26.0 Å². The zero-order chi connectivity index (χ0) is 20.9. The quantitative estimate of drug-likeness (QED) is 0.211. The molecule has 0 spiro atoms. The summed E-state index contributed by atoms with van der Waals surface area (Å²) in [6.45, 7) is 11.8. The standard InChI is InChI=1S/C24H40O4/c1-7-18(4)17-22(19(5)8-2)20-12-14-21(15-13-20)28-24(9-3)27-16-10-11-23(25)26-6/h12-15,18-19,22,24H,7-11,16-17H2,1-6H3. The van der Waals surface area contributed by atoms with E-state index in [1.807, 2.05) is 6.92 Å². The normalized spacial score (nSPS) is 15.5. The first-order valence-electron chi connectivity index (χ1n) is 10.9. The monoisotopic (exact) mass is 392 g/mol. The molecular weight excluding hydrogens is 352 g/mol. The summed E-state index contributed by atoms with van der Waals surface area (Å²) >= 11 is 0. The smallest absolute Gasteiger partial charge is 0.305 e. The van der Waals surface area contributed by atoms with E-state index >= 15 is 0 Å². The maximum Gasteiger partial charge on any atom is 0.305 e. The number of esters is 1. The summed E-state index contributed by atoms with van der Waals surface area (Å²) in [7, 11) is 1.40. The van der Waals surface area contributed by atoms with Crippen molar-refractivity contribution in [1.29, 1.82) is 0 Å². The van der Waals surface area contributed by atoms with E-state index in [0.29, 0.717) is 31.3 Å². The molecule has 0 radical (unpaired) electrons. The minimum Gasteiger partial charge on any atom is -0.469 e. The van der Waals surface area contributed by atoms with Crippen LogP contribution in [0.15, 0.2) is 24.3 Å². The average Bonchev–Trinajstić information content (AvgIpc) is 2.73. The Labute approximate surface area is 172 Å². The van der Waals surface area contributed by atoms with E-state index in [1.54, 1.807) is 0 Å². The molecule has 28 heavy (non-hydrogen) atoms. The summed E-state index contributed by atoms with van der Waals surface area (Å²) in [5, 5.41) is 0. The highest BCUT2D eigenvalue weighted by Crippen LogP contribution is 2.34. The Morgan fingerprint density at radius 2 is 1.68 bits per heavy atom. The fraction of sp³-hybridized carbons (Fsp3) is 0.708. The van der Waals surface area contributed by atoms with E-state index < -0.39 is 0 Å². The SMILES string of the molecule is CCC(C)CC(c1ccc(OC(CC)OCCCC(=O)OC)cc1)C(C)CC.